The highest BCUT2D eigenvalue weighted by Crippen LogP contribution is 2.17. The van der Waals surface area contributed by atoms with Crippen LogP contribution in [0.2, 0.25) is 5.02 Å². The normalized spacial score (nSPS) is 10.8. The number of aryl methyl sites for hydroxylation is 1. The Morgan fingerprint density at radius 3 is 2.67 bits per heavy atom. The molecule has 2 aromatic rings. The Morgan fingerprint density at radius 2 is 2.00 bits per heavy atom. The Bertz CT molecular complexity index is 688. The van der Waals surface area contributed by atoms with E-state index in [1.807, 2.05) is 19.1 Å². The smallest absolute Gasteiger partial charge is 0.331 e. The Kier molecular flexibility index (Phi) is 5.31. The molecule has 21 heavy (non-hydrogen) atoms. The van der Waals surface area contributed by atoms with Gasteiger partial charge in [-0.3, -0.25) is 4.79 Å². The van der Waals surface area contributed by atoms with Gasteiger partial charge in [0.25, 0.3) is 0 Å². The number of ether oxygens (including phenoxy) is 1. The summed E-state index contributed by atoms with van der Waals surface area (Å²) in [6.07, 6.45) is 2.82. The summed E-state index contributed by atoms with van der Waals surface area (Å²) in [4.78, 5) is 25.0. The zero-order valence-corrected chi connectivity index (χ0v) is 12.9. The third-order valence-electron chi connectivity index (χ3n) is 2.66. The lowest BCUT2D eigenvalue weighted by atomic mass is 10.2. The number of benzene rings is 1. The molecule has 0 spiro atoms. The summed E-state index contributed by atoms with van der Waals surface area (Å²) in [7, 11) is 0. The first kappa shape index (κ1) is 15.5. The highest BCUT2D eigenvalue weighted by Gasteiger charge is 2.10. The maximum Gasteiger partial charge on any atom is 0.331 e. The minimum atomic E-state index is -0.573. The Hall–Kier alpha value is -1.91. The zero-order valence-electron chi connectivity index (χ0n) is 11.3. The first-order valence-electron chi connectivity index (χ1n) is 6.25. The minimum absolute atomic E-state index is 0.201. The predicted molar refractivity (Wildman–Crippen MR) is 84.8 cm³/mol. The van der Waals surface area contributed by atoms with Crippen molar-refractivity contribution in [2.24, 2.45) is 0 Å². The van der Waals surface area contributed by atoms with Gasteiger partial charge < -0.3 is 4.74 Å². The standard InChI is InChI=1S/C16H13ClO3S/c1-11-6-8-15(21-11)14(18)10-20-16(19)9-7-12-4-2-3-5-13(12)17/h2-9H,10H2,1H3/b9-7+. The van der Waals surface area contributed by atoms with Crippen molar-refractivity contribution in [2.75, 3.05) is 6.61 Å². The van der Waals surface area contributed by atoms with E-state index in [-0.39, 0.29) is 12.4 Å². The van der Waals surface area contributed by atoms with Crippen molar-refractivity contribution < 1.29 is 14.3 Å². The lowest BCUT2D eigenvalue weighted by Gasteiger charge is -2.00. The van der Waals surface area contributed by atoms with Gasteiger partial charge in [0.05, 0.1) is 4.88 Å². The number of halogens is 1. The van der Waals surface area contributed by atoms with Crippen LogP contribution in [0.4, 0.5) is 0 Å². The second-order valence-corrected chi connectivity index (χ2v) is 5.99. The maximum atomic E-state index is 11.8. The summed E-state index contributed by atoms with van der Waals surface area (Å²) in [5.74, 6) is -0.774. The van der Waals surface area contributed by atoms with Gasteiger partial charge in [-0.2, -0.15) is 0 Å². The van der Waals surface area contributed by atoms with Gasteiger partial charge in [-0.15, -0.1) is 11.3 Å². The molecule has 1 aromatic heterocycles. The number of carbonyl (C=O) groups excluding carboxylic acids is 2. The highest BCUT2D eigenvalue weighted by molar-refractivity contribution is 7.14. The quantitative estimate of drug-likeness (QED) is 0.472. The number of hydrogen-bond donors (Lipinski definition) is 0. The zero-order chi connectivity index (χ0) is 15.2. The lowest BCUT2D eigenvalue weighted by molar-refractivity contribution is -0.136. The van der Waals surface area contributed by atoms with Gasteiger partial charge in [-0.25, -0.2) is 4.79 Å². The van der Waals surface area contributed by atoms with Gasteiger partial charge in [0, 0.05) is 16.0 Å². The van der Waals surface area contributed by atoms with Gasteiger partial charge in [0.15, 0.2) is 6.61 Å². The summed E-state index contributed by atoms with van der Waals surface area (Å²) in [6.45, 7) is 1.66. The topological polar surface area (TPSA) is 43.4 Å². The molecule has 108 valence electrons. The van der Waals surface area contributed by atoms with Crippen molar-refractivity contribution in [3.05, 3.63) is 62.8 Å². The maximum absolute atomic E-state index is 11.8. The molecule has 0 amide bonds. The molecule has 0 bridgehead atoms. The number of Topliss-reactive ketones (excluding diaryl/α,β-unsaturated/α-hetero) is 1. The van der Waals surface area contributed by atoms with E-state index < -0.39 is 5.97 Å². The van der Waals surface area contributed by atoms with Crippen molar-refractivity contribution in [2.45, 2.75) is 6.92 Å². The minimum Gasteiger partial charge on any atom is -0.454 e. The molecule has 1 heterocycles. The van der Waals surface area contributed by atoms with E-state index in [2.05, 4.69) is 0 Å². The molecular formula is C16H13ClO3S. The number of thiophene rings is 1. The monoisotopic (exact) mass is 320 g/mol. The van der Waals surface area contributed by atoms with E-state index in [0.717, 1.165) is 10.4 Å². The van der Waals surface area contributed by atoms with Crippen LogP contribution in [0.15, 0.2) is 42.5 Å². The summed E-state index contributed by atoms with van der Waals surface area (Å²) in [6, 6.07) is 10.7. The SMILES string of the molecule is Cc1ccc(C(=O)COC(=O)/C=C/c2ccccc2Cl)s1. The van der Waals surface area contributed by atoms with Crippen molar-refractivity contribution in [1.29, 1.82) is 0 Å². The molecule has 5 heteroatoms. The molecule has 0 atom stereocenters. The van der Waals surface area contributed by atoms with E-state index in [1.165, 1.54) is 17.4 Å². The van der Waals surface area contributed by atoms with Crippen LogP contribution in [0.1, 0.15) is 20.1 Å². The van der Waals surface area contributed by atoms with Crippen LogP contribution in [0.5, 0.6) is 0 Å². The van der Waals surface area contributed by atoms with Crippen LogP contribution >= 0.6 is 22.9 Å². The molecular weight excluding hydrogens is 308 g/mol. The van der Waals surface area contributed by atoms with E-state index in [4.69, 9.17) is 16.3 Å². The summed E-state index contributed by atoms with van der Waals surface area (Å²) >= 11 is 7.34. The van der Waals surface area contributed by atoms with Gasteiger partial charge >= 0.3 is 5.97 Å². The second-order valence-electron chi connectivity index (χ2n) is 4.30. The molecule has 0 N–H and O–H groups in total. The largest absolute Gasteiger partial charge is 0.454 e. The first-order valence-corrected chi connectivity index (χ1v) is 7.45. The van der Waals surface area contributed by atoms with Crippen LogP contribution in [0.3, 0.4) is 0 Å². The van der Waals surface area contributed by atoms with Crippen molar-refractivity contribution in [3.8, 4) is 0 Å². The number of esters is 1. The first-order chi connectivity index (χ1) is 10.1. The van der Waals surface area contributed by atoms with Crippen LogP contribution in [-0.4, -0.2) is 18.4 Å². The summed E-state index contributed by atoms with van der Waals surface area (Å²) in [5, 5.41) is 0.548. The van der Waals surface area contributed by atoms with E-state index in [1.54, 1.807) is 30.3 Å². The fourth-order valence-electron chi connectivity index (χ4n) is 1.61. The van der Waals surface area contributed by atoms with Crippen LogP contribution in [0, 0.1) is 6.92 Å². The van der Waals surface area contributed by atoms with Crippen molar-refractivity contribution >= 4 is 40.8 Å². The van der Waals surface area contributed by atoms with Gasteiger partial charge in [-0.1, -0.05) is 29.8 Å². The van der Waals surface area contributed by atoms with Crippen LogP contribution < -0.4 is 0 Å². The Balaban J connectivity index is 1.88. The van der Waals surface area contributed by atoms with Crippen LogP contribution in [-0.2, 0) is 9.53 Å². The fourth-order valence-corrected chi connectivity index (χ4v) is 2.60. The molecule has 3 nitrogen and oxygen atoms in total. The molecule has 2 rings (SSSR count). The van der Waals surface area contributed by atoms with Crippen LogP contribution in [0.25, 0.3) is 6.08 Å². The fraction of sp³-hybridized carbons (Fsp3) is 0.125. The van der Waals surface area contributed by atoms with Gasteiger partial charge in [0.1, 0.15) is 0 Å². The predicted octanol–water partition coefficient (Wildman–Crippen LogP) is 4.15. The number of rotatable bonds is 5. The highest BCUT2D eigenvalue weighted by atomic mass is 35.5. The molecule has 0 radical (unpaired) electrons. The van der Waals surface area contributed by atoms with E-state index in [0.29, 0.717) is 9.90 Å². The summed E-state index contributed by atoms with van der Waals surface area (Å²) < 4.78 is 4.92. The van der Waals surface area contributed by atoms with Crippen molar-refractivity contribution in [1.82, 2.24) is 0 Å². The molecule has 0 saturated carbocycles. The van der Waals surface area contributed by atoms with E-state index in [9.17, 15) is 9.59 Å². The lowest BCUT2D eigenvalue weighted by Crippen LogP contribution is -2.11. The number of hydrogen-bond acceptors (Lipinski definition) is 4. The number of ketones is 1. The molecule has 0 saturated heterocycles. The van der Waals surface area contributed by atoms with Crippen molar-refractivity contribution in [3.63, 3.8) is 0 Å². The van der Waals surface area contributed by atoms with E-state index >= 15 is 0 Å². The van der Waals surface area contributed by atoms with Gasteiger partial charge in [0.2, 0.25) is 5.78 Å². The molecule has 0 fully saturated rings. The molecule has 0 aliphatic rings. The Labute approximate surface area is 131 Å². The average molecular weight is 321 g/mol. The van der Waals surface area contributed by atoms with Gasteiger partial charge in [-0.05, 0) is 36.8 Å². The summed E-state index contributed by atoms with van der Waals surface area (Å²) in [5.41, 5.74) is 0.719. The Morgan fingerprint density at radius 1 is 1.24 bits per heavy atom. The average Bonchev–Trinajstić information content (AvgIpc) is 2.90. The third-order valence-corrected chi connectivity index (χ3v) is 4.05. The molecule has 0 aliphatic heterocycles. The number of carbonyl (C=O) groups is 2. The second kappa shape index (κ2) is 7.20. The molecule has 1 aromatic carbocycles. The molecule has 0 aliphatic carbocycles. The molecule has 0 unspecified atom stereocenters. The third kappa shape index (κ3) is 4.55.